The number of carbonyl (C=O) groups excluding carboxylic acids is 2. The number of aliphatic carboxylic acids is 1. The fourth-order valence-corrected chi connectivity index (χ4v) is 6.82. The SMILES string of the molecule is CCN1CC(C(=O)O)C(=O)C2CC(F)C(C(=O)C3CCCC(CN(CCCl)CCCl)C3)CC21. The first-order valence-electron chi connectivity index (χ1n) is 12.3. The average Bonchev–Trinajstić information content (AvgIpc) is 2.79. The van der Waals surface area contributed by atoms with Crippen LogP contribution in [0, 0.1) is 29.6 Å². The molecule has 3 rings (SSSR count). The van der Waals surface area contributed by atoms with Crippen molar-refractivity contribution in [2.75, 3.05) is 44.5 Å². The first-order valence-corrected chi connectivity index (χ1v) is 13.4. The van der Waals surface area contributed by atoms with Crippen LogP contribution in [0.5, 0.6) is 0 Å². The molecule has 1 heterocycles. The molecule has 0 aromatic rings. The molecule has 7 atom stereocenters. The van der Waals surface area contributed by atoms with Crippen LogP contribution in [0.4, 0.5) is 4.39 Å². The van der Waals surface area contributed by atoms with Gasteiger partial charge in [0.15, 0.2) is 5.78 Å². The quantitative estimate of drug-likeness (QED) is 0.361. The molecule has 2 aliphatic carbocycles. The molecular formula is C24H37Cl2FN2O4. The number of ketones is 2. The molecule has 33 heavy (non-hydrogen) atoms. The van der Waals surface area contributed by atoms with E-state index in [2.05, 4.69) is 4.90 Å². The van der Waals surface area contributed by atoms with Gasteiger partial charge in [0.25, 0.3) is 0 Å². The molecule has 9 heteroatoms. The van der Waals surface area contributed by atoms with Gasteiger partial charge < -0.3 is 10.0 Å². The van der Waals surface area contributed by atoms with Crippen LogP contribution in [0.1, 0.15) is 45.4 Å². The highest BCUT2D eigenvalue weighted by Gasteiger charge is 2.52. The van der Waals surface area contributed by atoms with E-state index >= 15 is 4.39 Å². The summed E-state index contributed by atoms with van der Waals surface area (Å²) in [6.07, 6.45) is 2.42. The Morgan fingerprint density at radius 1 is 1.15 bits per heavy atom. The van der Waals surface area contributed by atoms with E-state index in [1.807, 2.05) is 11.8 Å². The highest BCUT2D eigenvalue weighted by atomic mass is 35.5. The Hall–Kier alpha value is -0.760. The number of hydrogen-bond donors (Lipinski definition) is 1. The third-order valence-electron chi connectivity index (χ3n) is 8.04. The predicted molar refractivity (Wildman–Crippen MR) is 127 cm³/mol. The molecule has 0 bridgehead atoms. The molecule has 6 nitrogen and oxygen atoms in total. The van der Waals surface area contributed by atoms with Crippen molar-refractivity contribution in [2.45, 2.75) is 57.7 Å². The van der Waals surface area contributed by atoms with Gasteiger partial charge in [-0.05, 0) is 44.6 Å². The van der Waals surface area contributed by atoms with Crippen molar-refractivity contribution < 1.29 is 23.9 Å². The molecular weight excluding hydrogens is 470 g/mol. The minimum Gasteiger partial charge on any atom is -0.481 e. The van der Waals surface area contributed by atoms with Gasteiger partial charge in [-0.25, -0.2) is 4.39 Å². The van der Waals surface area contributed by atoms with Gasteiger partial charge in [0.05, 0.1) is 5.92 Å². The maximum Gasteiger partial charge on any atom is 0.315 e. The zero-order valence-electron chi connectivity index (χ0n) is 19.4. The van der Waals surface area contributed by atoms with Gasteiger partial charge in [0, 0.05) is 55.8 Å². The Labute approximate surface area is 206 Å². The molecule has 3 fully saturated rings. The van der Waals surface area contributed by atoms with E-state index < -0.39 is 29.9 Å². The van der Waals surface area contributed by atoms with Crippen LogP contribution in [0.15, 0.2) is 0 Å². The number of rotatable bonds is 10. The fourth-order valence-electron chi connectivity index (χ4n) is 6.34. The molecule has 0 aromatic heterocycles. The number of alkyl halides is 3. The van der Waals surface area contributed by atoms with Gasteiger partial charge in [0.1, 0.15) is 17.9 Å². The normalized spacial score (nSPS) is 35.4. The maximum absolute atomic E-state index is 15.3. The first-order chi connectivity index (χ1) is 15.8. The number of likely N-dealkylation sites (tertiary alicyclic amines) is 1. The zero-order valence-corrected chi connectivity index (χ0v) is 20.9. The van der Waals surface area contributed by atoms with Crippen LogP contribution in [0.25, 0.3) is 0 Å². The second-order valence-electron chi connectivity index (χ2n) is 9.96. The fraction of sp³-hybridized carbons (Fsp3) is 0.875. The van der Waals surface area contributed by atoms with Crippen molar-refractivity contribution in [2.24, 2.45) is 29.6 Å². The summed E-state index contributed by atoms with van der Waals surface area (Å²) < 4.78 is 15.3. The lowest BCUT2D eigenvalue weighted by Crippen LogP contribution is -2.60. The van der Waals surface area contributed by atoms with E-state index in [0.717, 1.165) is 45.3 Å². The third kappa shape index (κ3) is 6.28. The predicted octanol–water partition coefficient (Wildman–Crippen LogP) is 3.48. The molecule has 0 aromatic carbocycles. The van der Waals surface area contributed by atoms with Crippen LogP contribution in [-0.2, 0) is 14.4 Å². The van der Waals surface area contributed by atoms with Gasteiger partial charge in [-0.1, -0.05) is 13.3 Å². The van der Waals surface area contributed by atoms with Crippen molar-refractivity contribution in [3.8, 4) is 0 Å². The largest absolute Gasteiger partial charge is 0.481 e. The van der Waals surface area contributed by atoms with Gasteiger partial charge in [0.2, 0.25) is 0 Å². The van der Waals surface area contributed by atoms with Crippen LogP contribution in [0.3, 0.4) is 0 Å². The topological polar surface area (TPSA) is 77.9 Å². The molecule has 0 radical (unpaired) electrons. The summed E-state index contributed by atoms with van der Waals surface area (Å²) in [6.45, 7) is 5.03. The van der Waals surface area contributed by atoms with E-state index in [1.165, 1.54) is 0 Å². The van der Waals surface area contributed by atoms with Crippen LogP contribution in [0.2, 0.25) is 0 Å². The Bertz CT molecular complexity index is 706. The van der Waals surface area contributed by atoms with E-state index in [9.17, 15) is 19.5 Å². The molecule has 1 N–H and O–H groups in total. The highest BCUT2D eigenvalue weighted by molar-refractivity contribution is 6.18. The van der Waals surface area contributed by atoms with E-state index in [4.69, 9.17) is 23.2 Å². The number of carboxylic acids is 1. The Morgan fingerprint density at radius 3 is 2.45 bits per heavy atom. The second-order valence-corrected chi connectivity index (χ2v) is 10.7. The van der Waals surface area contributed by atoms with Crippen LogP contribution < -0.4 is 0 Å². The molecule has 1 saturated heterocycles. The summed E-state index contributed by atoms with van der Waals surface area (Å²) in [5.41, 5.74) is 0. The number of halogens is 3. The Morgan fingerprint density at radius 2 is 1.85 bits per heavy atom. The number of Topliss-reactive ketones (excluding diaryl/α,β-unsaturated/α-hetero) is 2. The smallest absolute Gasteiger partial charge is 0.315 e. The average molecular weight is 507 g/mol. The summed E-state index contributed by atoms with van der Waals surface area (Å²) >= 11 is 11.8. The molecule has 0 spiro atoms. The first kappa shape index (κ1) is 26.8. The molecule has 0 amide bonds. The lowest BCUT2D eigenvalue weighted by atomic mass is 9.66. The minimum atomic E-state index is -1.39. The number of piperidine rings is 1. The molecule has 188 valence electrons. The van der Waals surface area contributed by atoms with Crippen molar-refractivity contribution in [3.05, 3.63) is 0 Å². The van der Waals surface area contributed by atoms with Crippen LogP contribution >= 0.6 is 23.2 Å². The van der Waals surface area contributed by atoms with Crippen LogP contribution in [-0.4, -0.2) is 89.1 Å². The highest BCUT2D eigenvalue weighted by Crippen LogP contribution is 2.42. The molecule has 2 saturated carbocycles. The second kappa shape index (κ2) is 12.3. The van der Waals surface area contributed by atoms with Gasteiger partial charge in [-0.15, -0.1) is 23.2 Å². The number of carboxylic acid groups (broad SMARTS) is 1. The summed E-state index contributed by atoms with van der Waals surface area (Å²) in [6, 6.07) is -0.249. The summed E-state index contributed by atoms with van der Waals surface area (Å²) in [7, 11) is 0. The standard InChI is InChI=1S/C24H37Cl2FN2O4/c1-2-29-14-19(24(32)33)23(31)18-11-20(27)17(12-21(18)29)22(30)16-5-3-4-15(10-16)13-28(8-6-25)9-7-26/h15-21H,2-14H2,1H3,(H,32,33). The summed E-state index contributed by atoms with van der Waals surface area (Å²) in [5, 5.41) is 9.43. The van der Waals surface area contributed by atoms with Crippen molar-refractivity contribution in [1.82, 2.24) is 9.80 Å². The van der Waals surface area contributed by atoms with Crippen molar-refractivity contribution >= 4 is 40.7 Å². The van der Waals surface area contributed by atoms with E-state index in [1.54, 1.807) is 0 Å². The molecule has 1 aliphatic heterocycles. The maximum atomic E-state index is 15.3. The lowest BCUT2D eigenvalue weighted by Gasteiger charge is -2.48. The van der Waals surface area contributed by atoms with Gasteiger partial charge in [-0.2, -0.15) is 0 Å². The lowest BCUT2D eigenvalue weighted by molar-refractivity contribution is -0.157. The third-order valence-corrected chi connectivity index (χ3v) is 8.38. The number of nitrogens with zero attached hydrogens (tertiary/aromatic N) is 2. The number of hydrogen-bond acceptors (Lipinski definition) is 5. The minimum absolute atomic E-state index is 0.00394. The van der Waals surface area contributed by atoms with E-state index in [0.29, 0.717) is 30.6 Å². The summed E-state index contributed by atoms with van der Waals surface area (Å²) in [4.78, 5) is 42.0. The monoisotopic (exact) mass is 506 g/mol. The Kier molecular flexibility index (Phi) is 9.98. The van der Waals surface area contributed by atoms with Gasteiger partial charge >= 0.3 is 5.97 Å². The van der Waals surface area contributed by atoms with Crippen molar-refractivity contribution in [3.63, 3.8) is 0 Å². The molecule has 7 unspecified atom stereocenters. The summed E-state index contributed by atoms with van der Waals surface area (Å²) in [5.74, 6) is -2.68. The Balaban J connectivity index is 1.66. The molecule has 3 aliphatic rings. The number of carbonyl (C=O) groups is 3. The van der Waals surface area contributed by atoms with Gasteiger partial charge in [-0.3, -0.25) is 19.3 Å². The van der Waals surface area contributed by atoms with E-state index in [-0.39, 0.29) is 36.5 Å². The number of fused-ring (bicyclic) bond motifs is 1. The zero-order chi connectivity index (χ0) is 24.1. The van der Waals surface area contributed by atoms with Crippen molar-refractivity contribution in [1.29, 1.82) is 0 Å².